The van der Waals surface area contributed by atoms with Gasteiger partial charge in [0.2, 0.25) is 0 Å². The van der Waals surface area contributed by atoms with Crippen molar-refractivity contribution >= 4 is 17.2 Å². The third kappa shape index (κ3) is 3.35. The first-order chi connectivity index (χ1) is 9.81. The summed E-state index contributed by atoms with van der Waals surface area (Å²) in [6.07, 6.45) is 6.15. The highest BCUT2D eigenvalue weighted by molar-refractivity contribution is 7.11. The van der Waals surface area contributed by atoms with Crippen LogP contribution >= 0.6 is 11.3 Å². The van der Waals surface area contributed by atoms with Crippen LogP contribution in [-0.2, 0) is 6.54 Å². The van der Waals surface area contributed by atoms with Gasteiger partial charge in [0, 0.05) is 42.9 Å². The highest BCUT2D eigenvalue weighted by Crippen LogP contribution is 2.18. The van der Waals surface area contributed by atoms with Crippen LogP contribution in [0.5, 0.6) is 0 Å². The predicted molar refractivity (Wildman–Crippen MR) is 83.2 cm³/mol. The lowest BCUT2D eigenvalue weighted by Gasteiger charge is -2.33. The third-order valence-electron chi connectivity index (χ3n) is 3.68. The Bertz CT molecular complexity index is 532. The van der Waals surface area contributed by atoms with Crippen LogP contribution in [0.2, 0.25) is 0 Å². The normalized spacial score (nSPS) is 16.6. The first-order valence-electron chi connectivity index (χ1n) is 7.12. The molecule has 106 valence electrons. The lowest BCUT2D eigenvalue weighted by Crippen LogP contribution is -2.42. The van der Waals surface area contributed by atoms with Crippen molar-refractivity contribution in [3.05, 3.63) is 40.5 Å². The molecule has 1 aliphatic rings. The van der Waals surface area contributed by atoms with E-state index < -0.39 is 0 Å². The molecule has 0 spiro atoms. The average Bonchev–Trinajstić information content (AvgIpc) is 2.92. The summed E-state index contributed by atoms with van der Waals surface area (Å²) in [4.78, 5) is 12.5. The summed E-state index contributed by atoms with van der Waals surface area (Å²) >= 11 is 1.78. The predicted octanol–water partition coefficient (Wildman–Crippen LogP) is 2.61. The smallest absolute Gasteiger partial charge is 0.128 e. The summed E-state index contributed by atoms with van der Waals surface area (Å²) in [6.45, 7) is 5.15. The number of nitrogens with one attached hydrogen (secondary N) is 1. The van der Waals surface area contributed by atoms with E-state index >= 15 is 0 Å². The van der Waals surface area contributed by atoms with Crippen LogP contribution in [0, 0.1) is 6.92 Å². The van der Waals surface area contributed by atoms with E-state index in [-0.39, 0.29) is 0 Å². The SMILES string of the molecule is Cc1cnc(CNC2CCN(c3ccccn3)CC2)s1. The van der Waals surface area contributed by atoms with Crippen LogP contribution < -0.4 is 10.2 Å². The van der Waals surface area contributed by atoms with Crippen LogP contribution in [0.4, 0.5) is 5.82 Å². The maximum atomic E-state index is 4.42. The molecule has 0 atom stereocenters. The first kappa shape index (κ1) is 13.5. The molecule has 20 heavy (non-hydrogen) atoms. The van der Waals surface area contributed by atoms with Gasteiger partial charge in [-0.15, -0.1) is 11.3 Å². The van der Waals surface area contributed by atoms with E-state index in [9.17, 15) is 0 Å². The number of anilines is 1. The van der Waals surface area contributed by atoms with Crippen molar-refractivity contribution in [1.29, 1.82) is 0 Å². The Hall–Kier alpha value is -1.46. The molecule has 0 radical (unpaired) electrons. The van der Waals surface area contributed by atoms with E-state index in [0.717, 1.165) is 25.5 Å². The monoisotopic (exact) mass is 288 g/mol. The van der Waals surface area contributed by atoms with Crippen molar-refractivity contribution in [2.24, 2.45) is 0 Å². The van der Waals surface area contributed by atoms with Gasteiger partial charge in [-0.05, 0) is 31.9 Å². The quantitative estimate of drug-likeness (QED) is 0.939. The topological polar surface area (TPSA) is 41.1 Å². The van der Waals surface area contributed by atoms with Crippen molar-refractivity contribution in [3.63, 3.8) is 0 Å². The van der Waals surface area contributed by atoms with Crippen molar-refractivity contribution in [1.82, 2.24) is 15.3 Å². The Labute approximate surface area is 123 Å². The molecule has 2 aromatic heterocycles. The minimum atomic E-state index is 0.596. The molecule has 2 aromatic rings. The van der Waals surface area contributed by atoms with Gasteiger partial charge in [-0.3, -0.25) is 0 Å². The van der Waals surface area contributed by atoms with Gasteiger partial charge in [0.05, 0.1) is 0 Å². The van der Waals surface area contributed by atoms with Gasteiger partial charge in [-0.25, -0.2) is 9.97 Å². The fraction of sp³-hybridized carbons (Fsp3) is 0.467. The van der Waals surface area contributed by atoms with E-state index in [2.05, 4.69) is 39.2 Å². The molecule has 5 heteroatoms. The van der Waals surface area contributed by atoms with Crippen molar-refractivity contribution < 1.29 is 0 Å². The summed E-state index contributed by atoms with van der Waals surface area (Å²) in [5, 5.41) is 4.81. The fourth-order valence-corrected chi connectivity index (χ4v) is 3.31. The largest absolute Gasteiger partial charge is 0.357 e. The number of hydrogen-bond donors (Lipinski definition) is 1. The van der Waals surface area contributed by atoms with Crippen molar-refractivity contribution in [2.45, 2.75) is 32.4 Å². The molecule has 1 aliphatic heterocycles. The standard InChI is InChI=1S/C15H20N4S/c1-12-10-18-15(20-12)11-17-13-5-8-19(9-6-13)14-4-2-3-7-16-14/h2-4,7,10,13,17H,5-6,8-9,11H2,1H3. The molecule has 0 aromatic carbocycles. The van der Waals surface area contributed by atoms with Gasteiger partial charge in [-0.1, -0.05) is 6.07 Å². The van der Waals surface area contributed by atoms with E-state index in [1.54, 1.807) is 11.3 Å². The van der Waals surface area contributed by atoms with Crippen LogP contribution in [0.3, 0.4) is 0 Å². The lowest BCUT2D eigenvalue weighted by molar-refractivity contribution is 0.412. The van der Waals surface area contributed by atoms with E-state index in [1.807, 2.05) is 18.5 Å². The summed E-state index contributed by atoms with van der Waals surface area (Å²) in [5.41, 5.74) is 0. The second-order valence-electron chi connectivity index (χ2n) is 5.19. The van der Waals surface area contributed by atoms with Crippen molar-refractivity contribution in [3.8, 4) is 0 Å². The van der Waals surface area contributed by atoms with E-state index in [0.29, 0.717) is 6.04 Å². The Balaban J connectivity index is 1.47. The molecule has 0 bridgehead atoms. The summed E-state index contributed by atoms with van der Waals surface area (Å²) in [7, 11) is 0. The molecule has 0 aliphatic carbocycles. The van der Waals surface area contributed by atoms with Gasteiger partial charge in [0.15, 0.2) is 0 Å². The maximum absolute atomic E-state index is 4.42. The molecule has 0 amide bonds. The number of hydrogen-bond acceptors (Lipinski definition) is 5. The number of rotatable bonds is 4. The third-order valence-corrected chi connectivity index (χ3v) is 4.59. The van der Waals surface area contributed by atoms with Gasteiger partial charge in [0.25, 0.3) is 0 Å². The number of aromatic nitrogens is 2. The molecule has 1 N–H and O–H groups in total. The Morgan fingerprint density at radius 2 is 2.15 bits per heavy atom. The summed E-state index contributed by atoms with van der Waals surface area (Å²) < 4.78 is 0. The Kier molecular flexibility index (Phi) is 4.28. The molecular formula is C15H20N4S. The highest BCUT2D eigenvalue weighted by atomic mass is 32.1. The number of piperidine rings is 1. The van der Waals surface area contributed by atoms with Gasteiger partial charge in [-0.2, -0.15) is 0 Å². The number of nitrogens with zero attached hydrogens (tertiary/aromatic N) is 3. The van der Waals surface area contributed by atoms with Crippen LogP contribution in [0.25, 0.3) is 0 Å². The van der Waals surface area contributed by atoms with Crippen molar-refractivity contribution in [2.75, 3.05) is 18.0 Å². The average molecular weight is 288 g/mol. The van der Waals surface area contributed by atoms with E-state index in [1.165, 1.54) is 22.7 Å². The molecule has 0 unspecified atom stereocenters. The Morgan fingerprint density at radius 3 is 2.80 bits per heavy atom. The maximum Gasteiger partial charge on any atom is 0.128 e. The highest BCUT2D eigenvalue weighted by Gasteiger charge is 2.19. The van der Waals surface area contributed by atoms with E-state index in [4.69, 9.17) is 0 Å². The zero-order valence-electron chi connectivity index (χ0n) is 11.7. The van der Waals surface area contributed by atoms with Gasteiger partial charge in [0.1, 0.15) is 10.8 Å². The van der Waals surface area contributed by atoms with Crippen LogP contribution in [0.15, 0.2) is 30.6 Å². The molecule has 3 heterocycles. The second kappa shape index (κ2) is 6.33. The number of pyridine rings is 1. The molecule has 0 saturated carbocycles. The number of aryl methyl sites for hydroxylation is 1. The summed E-state index contributed by atoms with van der Waals surface area (Å²) in [5.74, 6) is 1.10. The van der Waals surface area contributed by atoms with Crippen LogP contribution in [-0.4, -0.2) is 29.1 Å². The molecule has 4 nitrogen and oxygen atoms in total. The minimum absolute atomic E-state index is 0.596. The first-order valence-corrected chi connectivity index (χ1v) is 7.93. The lowest BCUT2D eigenvalue weighted by atomic mass is 10.1. The zero-order chi connectivity index (χ0) is 13.8. The molecular weight excluding hydrogens is 268 g/mol. The van der Waals surface area contributed by atoms with Crippen LogP contribution in [0.1, 0.15) is 22.7 Å². The van der Waals surface area contributed by atoms with Gasteiger partial charge < -0.3 is 10.2 Å². The molecule has 1 fully saturated rings. The molecule has 1 saturated heterocycles. The number of thiazole rings is 1. The second-order valence-corrected chi connectivity index (χ2v) is 6.51. The van der Waals surface area contributed by atoms with Gasteiger partial charge >= 0.3 is 0 Å². The Morgan fingerprint density at radius 1 is 1.30 bits per heavy atom. The summed E-state index contributed by atoms with van der Waals surface area (Å²) in [6, 6.07) is 6.70. The molecule has 3 rings (SSSR count). The fourth-order valence-electron chi connectivity index (χ4n) is 2.57. The zero-order valence-corrected chi connectivity index (χ0v) is 12.6. The minimum Gasteiger partial charge on any atom is -0.357 e.